The standard InChI is InChI=1S/C14H29N/c1-5-8-13(7-3)15-14-10-9-12(6-2)11(14)4/h11-15H,5-10H2,1-4H3. The summed E-state index contributed by atoms with van der Waals surface area (Å²) in [6.07, 6.45) is 8.15. The van der Waals surface area contributed by atoms with Gasteiger partial charge < -0.3 is 5.32 Å². The van der Waals surface area contributed by atoms with Crippen molar-refractivity contribution < 1.29 is 0 Å². The van der Waals surface area contributed by atoms with Crippen LogP contribution in [0.25, 0.3) is 0 Å². The second-order valence-electron chi connectivity index (χ2n) is 5.27. The van der Waals surface area contributed by atoms with Crippen LogP contribution in [0.3, 0.4) is 0 Å². The smallest absolute Gasteiger partial charge is 0.00980 e. The van der Waals surface area contributed by atoms with Gasteiger partial charge in [0.25, 0.3) is 0 Å². The summed E-state index contributed by atoms with van der Waals surface area (Å²) < 4.78 is 0. The highest BCUT2D eigenvalue weighted by atomic mass is 15.0. The Morgan fingerprint density at radius 1 is 1.20 bits per heavy atom. The first-order valence-corrected chi connectivity index (χ1v) is 6.98. The molecule has 0 spiro atoms. The zero-order valence-corrected chi connectivity index (χ0v) is 11.1. The summed E-state index contributed by atoms with van der Waals surface area (Å²) in [5.41, 5.74) is 0. The van der Waals surface area contributed by atoms with E-state index in [-0.39, 0.29) is 0 Å². The SMILES string of the molecule is CCCC(CC)NC1CCC(CC)C1C. The Hall–Kier alpha value is -0.0400. The third-order valence-electron chi connectivity index (χ3n) is 4.33. The Labute approximate surface area is 96.0 Å². The number of nitrogens with one attached hydrogen (secondary N) is 1. The van der Waals surface area contributed by atoms with Crippen LogP contribution in [-0.4, -0.2) is 12.1 Å². The molecule has 0 radical (unpaired) electrons. The van der Waals surface area contributed by atoms with Gasteiger partial charge in [0.15, 0.2) is 0 Å². The summed E-state index contributed by atoms with van der Waals surface area (Å²) in [6, 6.07) is 1.56. The highest BCUT2D eigenvalue weighted by Gasteiger charge is 2.32. The molecule has 4 unspecified atom stereocenters. The van der Waals surface area contributed by atoms with Crippen molar-refractivity contribution in [2.24, 2.45) is 11.8 Å². The fourth-order valence-corrected chi connectivity index (χ4v) is 3.12. The number of rotatable bonds is 6. The van der Waals surface area contributed by atoms with Crippen LogP contribution < -0.4 is 5.32 Å². The average molecular weight is 211 g/mol. The van der Waals surface area contributed by atoms with E-state index in [9.17, 15) is 0 Å². The second kappa shape index (κ2) is 6.52. The van der Waals surface area contributed by atoms with Gasteiger partial charge in [0.05, 0.1) is 0 Å². The summed E-state index contributed by atoms with van der Waals surface area (Å²) in [7, 11) is 0. The average Bonchev–Trinajstić information content (AvgIpc) is 2.59. The van der Waals surface area contributed by atoms with E-state index in [2.05, 4.69) is 33.0 Å². The molecule has 1 N–H and O–H groups in total. The maximum Gasteiger partial charge on any atom is 0.00980 e. The van der Waals surface area contributed by atoms with E-state index >= 15 is 0 Å². The second-order valence-corrected chi connectivity index (χ2v) is 5.27. The molecule has 0 aromatic heterocycles. The molecule has 0 heterocycles. The molecule has 1 heteroatoms. The molecule has 4 atom stereocenters. The Morgan fingerprint density at radius 3 is 2.40 bits per heavy atom. The highest BCUT2D eigenvalue weighted by Crippen LogP contribution is 2.34. The van der Waals surface area contributed by atoms with E-state index in [1.165, 1.54) is 38.5 Å². The molecule has 90 valence electrons. The summed E-state index contributed by atoms with van der Waals surface area (Å²) in [5, 5.41) is 3.88. The molecule has 0 aromatic carbocycles. The lowest BCUT2D eigenvalue weighted by Gasteiger charge is -2.26. The van der Waals surface area contributed by atoms with Crippen LogP contribution in [0.2, 0.25) is 0 Å². The fourth-order valence-electron chi connectivity index (χ4n) is 3.12. The molecule has 1 aliphatic rings. The molecule has 1 rings (SSSR count). The van der Waals surface area contributed by atoms with Crippen molar-refractivity contribution in [1.29, 1.82) is 0 Å². The van der Waals surface area contributed by atoms with Crippen LogP contribution in [-0.2, 0) is 0 Å². The minimum Gasteiger partial charge on any atom is -0.311 e. The summed E-state index contributed by atoms with van der Waals surface area (Å²) in [5.74, 6) is 1.86. The van der Waals surface area contributed by atoms with Crippen LogP contribution in [0, 0.1) is 11.8 Å². The van der Waals surface area contributed by atoms with E-state index in [1.54, 1.807) is 0 Å². The van der Waals surface area contributed by atoms with Gasteiger partial charge in [0.1, 0.15) is 0 Å². The number of hydrogen-bond acceptors (Lipinski definition) is 1. The van der Waals surface area contributed by atoms with Gasteiger partial charge in [-0.05, 0) is 37.5 Å². The minimum atomic E-state index is 0.762. The van der Waals surface area contributed by atoms with E-state index in [0.717, 1.165) is 23.9 Å². The summed E-state index contributed by atoms with van der Waals surface area (Å²) in [4.78, 5) is 0. The van der Waals surface area contributed by atoms with Gasteiger partial charge in [-0.1, -0.05) is 40.5 Å². The normalized spacial score (nSPS) is 33.2. The number of hydrogen-bond donors (Lipinski definition) is 1. The Bertz CT molecular complexity index is 167. The molecular weight excluding hydrogens is 182 g/mol. The largest absolute Gasteiger partial charge is 0.311 e. The molecule has 1 saturated carbocycles. The van der Waals surface area contributed by atoms with Crippen molar-refractivity contribution in [1.82, 2.24) is 5.32 Å². The molecule has 15 heavy (non-hydrogen) atoms. The zero-order chi connectivity index (χ0) is 11.3. The van der Waals surface area contributed by atoms with Gasteiger partial charge in [0.2, 0.25) is 0 Å². The van der Waals surface area contributed by atoms with Crippen molar-refractivity contribution in [3.8, 4) is 0 Å². The first-order valence-electron chi connectivity index (χ1n) is 6.98. The van der Waals surface area contributed by atoms with Crippen molar-refractivity contribution in [2.45, 2.75) is 78.3 Å². The molecule has 0 aromatic rings. The monoisotopic (exact) mass is 211 g/mol. The molecule has 0 amide bonds. The maximum absolute atomic E-state index is 3.88. The summed E-state index contributed by atoms with van der Waals surface area (Å²) >= 11 is 0. The molecule has 0 bridgehead atoms. The van der Waals surface area contributed by atoms with E-state index in [0.29, 0.717) is 0 Å². The molecule has 1 fully saturated rings. The lowest BCUT2D eigenvalue weighted by atomic mass is 9.93. The van der Waals surface area contributed by atoms with Crippen molar-refractivity contribution in [3.05, 3.63) is 0 Å². The van der Waals surface area contributed by atoms with Crippen LogP contribution in [0.5, 0.6) is 0 Å². The predicted molar refractivity (Wildman–Crippen MR) is 68.1 cm³/mol. The quantitative estimate of drug-likeness (QED) is 0.701. The first kappa shape index (κ1) is 13.0. The third-order valence-corrected chi connectivity index (χ3v) is 4.33. The van der Waals surface area contributed by atoms with Crippen molar-refractivity contribution in [2.75, 3.05) is 0 Å². The fraction of sp³-hybridized carbons (Fsp3) is 1.00. The predicted octanol–water partition coefficient (Wildman–Crippen LogP) is 3.98. The van der Waals surface area contributed by atoms with Gasteiger partial charge in [0, 0.05) is 12.1 Å². The van der Waals surface area contributed by atoms with Crippen molar-refractivity contribution in [3.63, 3.8) is 0 Å². The Morgan fingerprint density at radius 2 is 1.93 bits per heavy atom. The first-order chi connectivity index (χ1) is 7.22. The van der Waals surface area contributed by atoms with Gasteiger partial charge >= 0.3 is 0 Å². The molecule has 1 nitrogen and oxygen atoms in total. The lowest BCUT2D eigenvalue weighted by molar-refractivity contribution is 0.309. The third kappa shape index (κ3) is 3.48. The topological polar surface area (TPSA) is 12.0 Å². The summed E-state index contributed by atoms with van der Waals surface area (Å²) in [6.45, 7) is 9.38. The van der Waals surface area contributed by atoms with E-state index in [1.807, 2.05) is 0 Å². The van der Waals surface area contributed by atoms with Gasteiger partial charge in [-0.3, -0.25) is 0 Å². The minimum absolute atomic E-state index is 0.762. The van der Waals surface area contributed by atoms with Crippen LogP contribution >= 0.6 is 0 Å². The lowest BCUT2D eigenvalue weighted by Crippen LogP contribution is -2.40. The molecular formula is C14H29N. The molecule has 1 aliphatic carbocycles. The van der Waals surface area contributed by atoms with Gasteiger partial charge in [-0.15, -0.1) is 0 Å². The molecule has 0 aliphatic heterocycles. The highest BCUT2D eigenvalue weighted by molar-refractivity contribution is 4.88. The maximum atomic E-state index is 3.88. The van der Waals surface area contributed by atoms with Crippen LogP contribution in [0.4, 0.5) is 0 Å². The zero-order valence-electron chi connectivity index (χ0n) is 11.1. The van der Waals surface area contributed by atoms with E-state index in [4.69, 9.17) is 0 Å². The molecule has 0 saturated heterocycles. The van der Waals surface area contributed by atoms with E-state index < -0.39 is 0 Å². The van der Waals surface area contributed by atoms with Crippen LogP contribution in [0.1, 0.15) is 66.2 Å². The Balaban J connectivity index is 2.37. The van der Waals surface area contributed by atoms with Crippen molar-refractivity contribution >= 4 is 0 Å². The van der Waals surface area contributed by atoms with Gasteiger partial charge in [-0.25, -0.2) is 0 Å². The van der Waals surface area contributed by atoms with Crippen LogP contribution in [0.15, 0.2) is 0 Å². The van der Waals surface area contributed by atoms with Gasteiger partial charge in [-0.2, -0.15) is 0 Å². The Kier molecular flexibility index (Phi) is 5.66.